The molecule has 0 radical (unpaired) electrons. The summed E-state index contributed by atoms with van der Waals surface area (Å²) in [6, 6.07) is 0.314. The zero-order valence-electron chi connectivity index (χ0n) is 9.14. The number of hydrogen-bond donors (Lipinski definition) is 2. The van der Waals surface area contributed by atoms with Crippen LogP contribution >= 0.6 is 0 Å². The lowest BCUT2D eigenvalue weighted by molar-refractivity contribution is -0.124. The Morgan fingerprint density at radius 3 is 2.69 bits per heavy atom. The topological polar surface area (TPSA) is 99.1 Å². The number of aromatic nitrogens is 2. The van der Waals surface area contributed by atoms with Crippen LogP contribution in [0.3, 0.4) is 0 Å². The Balaban J connectivity index is 3.38. The predicted molar refractivity (Wildman–Crippen MR) is 57.7 cm³/mol. The molecule has 16 heavy (non-hydrogen) atoms. The summed E-state index contributed by atoms with van der Waals surface area (Å²) in [6.45, 7) is 3.63. The first-order valence-electron chi connectivity index (χ1n) is 4.85. The molecule has 7 heteroatoms. The van der Waals surface area contributed by atoms with Gasteiger partial charge in [-0.3, -0.25) is 15.0 Å². The molecule has 0 saturated heterocycles. The van der Waals surface area contributed by atoms with Gasteiger partial charge in [0, 0.05) is 18.8 Å². The summed E-state index contributed by atoms with van der Waals surface area (Å²) in [5.74, 6) is 4.37. The van der Waals surface area contributed by atoms with E-state index in [0.717, 1.165) is 4.57 Å². The van der Waals surface area contributed by atoms with Crippen molar-refractivity contribution in [2.24, 2.45) is 5.84 Å². The summed E-state index contributed by atoms with van der Waals surface area (Å²) in [4.78, 5) is 34.6. The zero-order chi connectivity index (χ0) is 12.3. The number of aryl methyl sites for hydroxylation is 1. The third-order valence-corrected chi connectivity index (χ3v) is 2.34. The minimum absolute atomic E-state index is 0.427. The Labute approximate surface area is 91.5 Å². The molecule has 0 aliphatic carbocycles. The Hall–Kier alpha value is -1.89. The number of nitrogens with zero attached hydrogens (tertiary/aromatic N) is 2. The first kappa shape index (κ1) is 12.2. The number of carbonyl (C=O) groups is 1. The van der Waals surface area contributed by atoms with Gasteiger partial charge in [-0.2, -0.15) is 0 Å². The van der Waals surface area contributed by atoms with Crippen molar-refractivity contribution in [3.05, 3.63) is 33.1 Å². The molecular formula is C9H14N4O3. The van der Waals surface area contributed by atoms with Crippen LogP contribution < -0.4 is 22.5 Å². The van der Waals surface area contributed by atoms with Crippen LogP contribution in [0.5, 0.6) is 0 Å². The highest BCUT2D eigenvalue weighted by Gasteiger charge is 2.18. The highest BCUT2D eigenvalue weighted by molar-refractivity contribution is 5.79. The van der Waals surface area contributed by atoms with E-state index in [1.165, 1.54) is 23.8 Å². The van der Waals surface area contributed by atoms with Gasteiger partial charge in [-0.25, -0.2) is 15.2 Å². The summed E-state index contributed by atoms with van der Waals surface area (Å²) in [6.07, 6.45) is 1.40. The summed E-state index contributed by atoms with van der Waals surface area (Å²) >= 11 is 0. The maximum atomic E-state index is 11.8. The average Bonchev–Trinajstić information content (AvgIpc) is 2.28. The minimum Gasteiger partial charge on any atom is -0.301 e. The van der Waals surface area contributed by atoms with E-state index in [4.69, 9.17) is 5.84 Å². The standard InChI is InChI=1S/C9H14N4O3/c1-3-12-5-4-7(14)13(9(12)16)6(2)8(15)11-10/h4-6H,3,10H2,1-2H3,(H,11,15). The highest BCUT2D eigenvalue weighted by Crippen LogP contribution is 1.96. The number of hydrogen-bond acceptors (Lipinski definition) is 4. The predicted octanol–water partition coefficient (Wildman–Crippen LogP) is -1.42. The summed E-state index contributed by atoms with van der Waals surface area (Å²) in [7, 11) is 0. The average molecular weight is 226 g/mol. The van der Waals surface area contributed by atoms with Gasteiger partial charge in [0.1, 0.15) is 6.04 Å². The molecule has 0 spiro atoms. The van der Waals surface area contributed by atoms with Crippen LogP contribution in [0.1, 0.15) is 19.9 Å². The summed E-state index contributed by atoms with van der Waals surface area (Å²) < 4.78 is 2.20. The number of nitrogens with one attached hydrogen (secondary N) is 1. The molecule has 7 nitrogen and oxygen atoms in total. The molecule has 0 saturated carbocycles. The Morgan fingerprint density at radius 2 is 2.19 bits per heavy atom. The monoisotopic (exact) mass is 226 g/mol. The molecular weight excluding hydrogens is 212 g/mol. The minimum atomic E-state index is -0.927. The molecule has 1 unspecified atom stereocenters. The van der Waals surface area contributed by atoms with Crippen molar-refractivity contribution in [1.82, 2.24) is 14.6 Å². The molecule has 3 N–H and O–H groups in total. The van der Waals surface area contributed by atoms with Gasteiger partial charge in [0.2, 0.25) is 0 Å². The van der Waals surface area contributed by atoms with Gasteiger partial charge in [-0.05, 0) is 13.8 Å². The quantitative estimate of drug-likeness (QED) is 0.375. The lowest BCUT2D eigenvalue weighted by Crippen LogP contribution is -2.46. The van der Waals surface area contributed by atoms with Gasteiger partial charge < -0.3 is 4.57 Å². The lowest BCUT2D eigenvalue weighted by Gasteiger charge is -2.13. The maximum Gasteiger partial charge on any atom is 0.331 e. The summed E-state index contributed by atoms with van der Waals surface area (Å²) in [5, 5.41) is 0. The van der Waals surface area contributed by atoms with Crippen molar-refractivity contribution in [2.45, 2.75) is 26.4 Å². The van der Waals surface area contributed by atoms with Gasteiger partial charge >= 0.3 is 5.69 Å². The smallest absolute Gasteiger partial charge is 0.301 e. The number of carbonyl (C=O) groups excluding carboxylic acids is 1. The molecule has 88 valence electrons. The number of nitrogens with two attached hydrogens (primary N) is 1. The van der Waals surface area contributed by atoms with E-state index in [0.29, 0.717) is 6.54 Å². The van der Waals surface area contributed by atoms with Crippen molar-refractivity contribution in [1.29, 1.82) is 0 Å². The fourth-order valence-electron chi connectivity index (χ4n) is 1.37. The SMILES string of the molecule is CCn1ccc(=O)n(C(C)C(=O)NN)c1=O. The van der Waals surface area contributed by atoms with Gasteiger partial charge in [0.15, 0.2) is 0 Å². The van der Waals surface area contributed by atoms with Crippen LogP contribution in [0, 0.1) is 0 Å². The lowest BCUT2D eigenvalue weighted by atomic mass is 10.3. The molecule has 1 heterocycles. The normalized spacial score (nSPS) is 12.2. The van der Waals surface area contributed by atoms with Gasteiger partial charge in [-0.1, -0.05) is 0 Å². The van der Waals surface area contributed by atoms with Crippen LogP contribution in [-0.2, 0) is 11.3 Å². The molecule has 0 aromatic carbocycles. The molecule has 1 aromatic rings. The third-order valence-electron chi connectivity index (χ3n) is 2.34. The molecule has 0 aliphatic rings. The number of hydrazine groups is 1. The fraction of sp³-hybridized carbons (Fsp3) is 0.444. The Kier molecular flexibility index (Phi) is 3.62. The first-order chi connectivity index (χ1) is 7.52. The van der Waals surface area contributed by atoms with E-state index in [2.05, 4.69) is 0 Å². The van der Waals surface area contributed by atoms with Crippen molar-refractivity contribution in [3.8, 4) is 0 Å². The number of rotatable bonds is 3. The van der Waals surface area contributed by atoms with E-state index in [-0.39, 0.29) is 0 Å². The molecule has 1 aromatic heterocycles. The van der Waals surface area contributed by atoms with Crippen molar-refractivity contribution < 1.29 is 4.79 Å². The second-order valence-electron chi connectivity index (χ2n) is 3.28. The van der Waals surface area contributed by atoms with Crippen molar-refractivity contribution >= 4 is 5.91 Å². The molecule has 0 bridgehead atoms. The van der Waals surface area contributed by atoms with E-state index in [1.807, 2.05) is 5.43 Å². The van der Waals surface area contributed by atoms with Crippen molar-refractivity contribution in [2.75, 3.05) is 0 Å². The van der Waals surface area contributed by atoms with E-state index < -0.39 is 23.2 Å². The molecule has 0 fully saturated rings. The van der Waals surface area contributed by atoms with E-state index >= 15 is 0 Å². The highest BCUT2D eigenvalue weighted by atomic mass is 16.2. The molecule has 1 rings (SSSR count). The Morgan fingerprint density at radius 1 is 1.56 bits per heavy atom. The first-order valence-corrected chi connectivity index (χ1v) is 4.85. The van der Waals surface area contributed by atoms with E-state index in [1.54, 1.807) is 6.92 Å². The third kappa shape index (κ3) is 2.03. The maximum absolute atomic E-state index is 11.8. The summed E-state index contributed by atoms with van der Waals surface area (Å²) in [5.41, 5.74) is 0.864. The van der Waals surface area contributed by atoms with Crippen LogP contribution in [0.15, 0.2) is 21.9 Å². The molecule has 0 aliphatic heterocycles. The van der Waals surface area contributed by atoms with Gasteiger partial charge in [-0.15, -0.1) is 0 Å². The number of amides is 1. The zero-order valence-corrected chi connectivity index (χ0v) is 9.14. The van der Waals surface area contributed by atoms with Crippen LogP contribution in [0.2, 0.25) is 0 Å². The molecule has 1 amide bonds. The second kappa shape index (κ2) is 4.75. The molecule has 1 atom stereocenters. The van der Waals surface area contributed by atoms with Gasteiger partial charge in [0.25, 0.3) is 11.5 Å². The largest absolute Gasteiger partial charge is 0.331 e. The Bertz CT molecular complexity index is 502. The van der Waals surface area contributed by atoms with Crippen LogP contribution in [-0.4, -0.2) is 15.0 Å². The van der Waals surface area contributed by atoms with Gasteiger partial charge in [0.05, 0.1) is 0 Å². The van der Waals surface area contributed by atoms with Crippen LogP contribution in [0.25, 0.3) is 0 Å². The van der Waals surface area contributed by atoms with Crippen LogP contribution in [0.4, 0.5) is 0 Å². The second-order valence-corrected chi connectivity index (χ2v) is 3.28. The fourth-order valence-corrected chi connectivity index (χ4v) is 1.37. The van der Waals surface area contributed by atoms with E-state index in [9.17, 15) is 14.4 Å². The van der Waals surface area contributed by atoms with Crippen molar-refractivity contribution in [3.63, 3.8) is 0 Å².